The van der Waals surface area contributed by atoms with E-state index < -0.39 is 0 Å². The van der Waals surface area contributed by atoms with E-state index >= 15 is 0 Å². The summed E-state index contributed by atoms with van der Waals surface area (Å²) in [7, 11) is 1.70. The lowest BCUT2D eigenvalue weighted by Crippen LogP contribution is -2.36. The van der Waals surface area contributed by atoms with Crippen LogP contribution in [0.2, 0.25) is 5.15 Å². The maximum Gasteiger partial charge on any atom is 0.164 e. The van der Waals surface area contributed by atoms with Crippen molar-refractivity contribution in [2.75, 3.05) is 58.1 Å². The summed E-state index contributed by atoms with van der Waals surface area (Å²) in [5, 5.41) is 0.470. The first-order valence-electron chi connectivity index (χ1n) is 8.93. The van der Waals surface area contributed by atoms with E-state index in [1.165, 1.54) is 0 Å². The molecule has 4 heterocycles. The Kier molecular flexibility index (Phi) is 5.40. The van der Waals surface area contributed by atoms with Gasteiger partial charge in [-0.15, -0.1) is 0 Å². The number of pyridine rings is 1. The average Bonchev–Trinajstić information content (AvgIpc) is 3.05. The molecule has 7 nitrogen and oxygen atoms in total. The van der Waals surface area contributed by atoms with Crippen LogP contribution in [0.1, 0.15) is 12.2 Å². The molecule has 0 aliphatic carbocycles. The zero-order valence-corrected chi connectivity index (χ0v) is 15.7. The highest BCUT2D eigenvalue weighted by atomic mass is 35.5. The number of morpholine rings is 1. The minimum atomic E-state index is 0.470. The van der Waals surface area contributed by atoms with Gasteiger partial charge in [0, 0.05) is 38.4 Å². The average molecular weight is 379 g/mol. The van der Waals surface area contributed by atoms with Crippen LogP contribution in [-0.2, 0) is 20.8 Å². The smallest absolute Gasteiger partial charge is 0.164 e. The van der Waals surface area contributed by atoms with Gasteiger partial charge in [-0.05, 0) is 6.42 Å². The van der Waals surface area contributed by atoms with Gasteiger partial charge in [0.2, 0.25) is 0 Å². The van der Waals surface area contributed by atoms with Crippen LogP contribution in [0.4, 0.5) is 5.69 Å². The largest absolute Gasteiger partial charge is 0.383 e. The fraction of sp³-hybridized carbons (Fsp3) is 0.556. The summed E-state index contributed by atoms with van der Waals surface area (Å²) < 4.78 is 18.5. The molecule has 4 rings (SSSR count). The molecular formula is C18H23ClN4O3. The Balaban J connectivity index is 1.86. The molecule has 8 heteroatoms. The van der Waals surface area contributed by atoms with E-state index in [1.807, 2.05) is 6.07 Å². The molecule has 0 saturated carbocycles. The van der Waals surface area contributed by atoms with Crippen LogP contribution in [0.15, 0.2) is 12.1 Å². The highest BCUT2D eigenvalue weighted by Crippen LogP contribution is 2.32. The van der Waals surface area contributed by atoms with Crippen LogP contribution < -0.4 is 4.90 Å². The molecule has 26 heavy (non-hydrogen) atoms. The molecule has 0 spiro atoms. The first-order chi connectivity index (χ1) is 12.8. The first kappa shape index (κ1) is 17.7. The van der Waals surface area contributed by atoms with E-state index in [9.17, 15) is 0 Å². The summed E-state index contributed by atoms with van der Waals surface area (Å²) in [4.78, 5) is 11.8. The van der Waals surface area contributed by atoms with Gasteiger partial charge in [0.25, 0.3) is 0 Å². The second-order valence-electron chi connectivity index (χ2n) is 6.39. The molecule has 0 radical (unpaired) electrons. The summed E-state index contributed by atoms with van der Waals surface area (Å²) in [5.74, 6) is 0.890. The monoisotopic (exact) mass is 378 g/mol. The van der Waals surface area contributed by atoms with Crippen molar-refractivity contribution in [2.24, 2.45) is 0 Å². The van der Waals surface area contributed by atoms with E-state index in [2.05, 4.69) is 20.5 Å². The third-order valence-electron chi connectivity index (χ3n) is 4.72. The van der Waals surface area contributed by atoms with Gasteiger partial charge in [0.05, 0.1) is 38.7 Å². The Bertz CT molecular complexity index is 814. The van der Waals surface area contributed by atoms with Crippen molar-refractivity contribution in [2.45, 2.75) is 13.0 Å². The van der Waals surface area contributed by atoms with Crippen molar-refractivity contribution in [1.82, 2.24) is 14.5 Å². The molecule has 0 N–H and O–H groups in total. The summed E-state index contributed by atoms with van der Waals surface area (Å²) >= 11 is 6.36. The van der Waals surface area contributed by atoms with Crippen molar-refractivity contribution in [3.8, 4) is 0 Å². The third-order valence-corrected chi connectivity index (χ3v) is 4.91. The van der Waals surface area contributed by atoms with Crippen LogP contribution >= 0.6 is 11.6 Å². The lowest BCUT2D eigenvalue weighted by Gasteiger charge is -2.29. The van der Waals surface area contributed by atoms with Crippen LogP contribution in [0.3, 0.4) is 0 Å². The number of ether oxygens (including phenoxy) is 3. The molecule has 2 aromatic rings. The molecule has 0 atom stereocenters. The van der Waals surface area contributed by atoms with Crippen LogP contribution in [0.5, 0.6) is 0 Å². The lowest BCUT2D eigenvalue weighted by molar-refractivity contribution is 0.123. The van der Waals surface area contributed by atoms with Crippen molar-refractivity contribution < 1.29 is 14.2 Å². The number of halogens is 1. The maximum atomic E-state index is 6.36. The zero-order chi connectivity index (χ0) is 17.9. The number of rotatable bonds is 5. The van der Waals surface area contributed by atoms with Crippen molar-refractivity contribution in [3.63, 3.8) is 0 Å². The fourth-order valence-corrected chi connectivity index (χ4v) is 3.63. The molecule has 1 fully saturated rings. The van der Waals surface area contributed by atoms with Gasteiger partial charge in [0.1, 0.15) is 16.5 Å². The fourth-order valence-electron chi connectivity index (χ4n) is 3.44. The van der Waals surface area contributed by atoms with Gasteiger partial charge >= 0.3 is 0 Å². The maximum absolute atomic E-state index is 6.36. The molecule has 2 aliphatic rings. The molecule has 2 aliphatic heterocycles. The number of hydrogen-bond acceptors (Lipinski definition) is 6. The van der Waals surface area contributed by atoms with E-state index in [1.54, 1.807) is 7.11 Å². The summed E-state index contributed by atoms with van der Waals surface area (Å²) in [5.41, 5.74) is 3.76. The summed E-state index contributed by atoms with van der Waals surface area (Å²) in [6.45, 7) is 5.61. The van der Waals surface area contributed by atoms with Gasteiger partial charge in [-0.25, -0.2) is 9.97 Å². The van der Waals surface area contributed by atoms with E-state index in [4.69, 9.17) is 30.8 Å². The zero-order valence-electron chi connectivity index (χ0n) is 14.9. The molecular weight excluding hydrogens is 356 g/mol. The Hall–Kier alpha value is -1.67. The second-order valence-corrected chi connectivity index (χ2v) is 6.77. The number of fused-ring (bicyclic) bond motifs is 1. The van der Waals surface area contributed by atoms with Gasteiger partial charge < -0.3 is 23.7 Å². The quantitative estimate of drug-likeness (QED) is 0.744. The number of nitrogens with zero attached hydrogens (tertiary/aromatic N) is 4. The Labute approximate surface area is 157 Å². The van der Waals surface area contributed by atoms with E-state index in [-0.39, 0.29) is 0 Å². The number of hydrogen-bond donors (Lipinski definition) is 0. The molecule has 1 saturated heterocycles. The van der Waals surface area contributed by atoms with Gasteiger partial charge in [-0.3, -0.25) is 0 Å². The van der Waals surface area contributed by atoms with Crippen molar-refractivity contribution in [1.29, 1.82) is 0 Å². The minimum absolute atomic E-state index is 0.470. The normalized spacial score (nSPS) is 18.4. The standard InChI is InChI=1S/C18H23ClN4O3/c1-24-8-6-23-17(13-3-2-7-26-12-13)21-16-14(11-15(19)20-18(16)23)22-4-9-25-10-5-22/h3,11H,2,4-10,12H2,1H3. The predicted octanol–water partition coefficient (Wildman–Crippen LogP) is 2.37. The van der Waals surface area contributed by atoms with Crippen LogP contribution in [0, 0.1) is 0 Å². The Morgan fingerprint density at radius 3 is 2.77 bits per heavy atom. The highest BCUT2D eigenvalue weighted by Gasteiger charge is 2.23. The van der Waals surface area contributed by atoms with E-state index in [0.29, 0.717) is 38.1 Å². The molecule has 0 amide bonds. The lowest BCUT2D eigenvalue weighted by atomic mass is 10.2. The summed E-state index contributed by atoms with van der Waals surface area (Å²) in [6.07, 6.45) is 3.09. The number of anilines is 1. The Morgan fingerprint density at radius 2 is 2.04 bits per heavy atom. The second kappa shape index (κ2) is 7.92. The molecule has 0 unspecified atom stereocenters. The molecule has 0 bridgehead atoms. The first-order valence-corrected chi connectivity index (χ1v) is 9.31. The SMILES string of the molecule is COCCn1c(C2=CCCOC2)nc2c(N3CCOCC3)cc(Cl)nc21. The van der Waals surface area contributed by atoms with Crippen LogP contribution in [-0.4, -0.2) is 67.8 Å². The Morgan fingerprint density at radius 1 is 1.19 bits per heavy atom. The van der Waals surface area contributed by atoms with Gasteiger partial charge in [0.15, 0.2) is 5.65 Å². The summed E-state index contributed by atoms with van der Waals surface area (Å²) in [6, 6.07) is 1.90. The number of imidazole rings is 1. The van der Waals surface area contributed by atoms with Crippen LogP contribution in [0.25, 0.3) is 16.7 Å². The molecule has 2 aromatic heterocycles. The van der Waals surface area contributed by atoms with E-state index in [0.717, 1.165) is 54.4 Å². The van der Waals surface area contributed by atoms with Crippen molar-refractivity contribution >= 4 is 34.0 Å². The third kappa shape index (κ3) is 3.44. The van der Waals surface area contributed by atoms with Gasteiger partial charge in [-0.1, -0.05) is 17.7 Å². The topological polar surface area (TPSA) is 61.6 Å². The van der Waals surface area contributed by atoms with Gasteiger partial charge in [-0.2, -0.15) is 0 Å². The highest BCUT2D eigenvalue weighted by molar-refractivity contribution is 6.30. The molecule has 140 valence electrons. The minimum Gasteiger partial charge on any atom is -0.383 e. The number of aromatic nitrogens is 3. The number of methoxy groups -OCH3 is 1. The van der Waals surface area contributed by atoms with Crippen molar-refractivity contribution in [3.05, 3.63) is 23.1 Å². The predicted molar refractivity (Wildman–Crippen MR) is 101 cm³/mol. The molecule has 0 aromatic carbocycles.